The first-order chi connectivity index (χ1) is 6.34. The minimum atomic E-state index is -0.0281. The Morgan fingerprint density at radius 1 is 1.21 bits per heavy atom. The summed E-state index contributed by atoms with van der Waals surface area (Å²) < 4.78 is 1.32. The minimum absolute atomic E-state index is 0.0281. The minimum Gasteiger partial charge on any atom is -0.285 e. The maximum Gasteiger partial charge on any atom is 0.239 e. The Kier molecular flexibility index (Phi) is 2.84. The fourth-order valence-corrected chi connectivity index (χ4v) is 1.52. The summed E-state index contributed by atoms with van der Waals surface area (Å²) in [4.78, 5) is 0. The van der Waals surface area contributed by atoms with Gasteiger partial charge < -0.3 is 0 Å². The van der Waals surface area contributed by atoms with Crippen LogP contribution in [0.25, 0.3) is 0 Å². The third kappa shape index (κ3) is 2.06. The molecule has 1 aromatic rings. The van der Waals surface area contributed by atoms with Crippen LogP contribution in [0.1, 0.15) is 51.9 Å². The van der Waals surface area contributed by atoms with Gasteiger partial charge in [0.05, 0.1) is 5.41 Å². The van der Waals surface area contributed by atoms with Crippen LogP contribution in [0, 0.1) is 0 Å². The van der Waals surface area contributed by atoms with E-state index in [2.05, 4.69) is 34.6 Å². The molecule has 0 aliphatic rings. The highest BCUT2D eigenvalue weighted by molar-refractivity contribution is 5.11. The fraction of sp³-hybridized carbons (Fsp3) is 0.583. The SMILES string of the molecule is CC(C)c1cccc(C(C)(C)C)[n+]1O. The van der Waals surface area contributed by atoms with Crippen molar-refractivity contribution < 1.29 is 9.94 Å². The van der Waals surface area contributed by atoms with Gasteiger partial charge >= 0.3 is 0 Å². The molecule has 1 aromatic heterocycles. The lowest BCUT2D eigenvalue weighted by Crippen LogP contribution is -2.44. The quantitative estimate of drug-likeness (QED) is 0.539. The molecule has 1 heterocycles. The first-order valence-electron chi connectivity index (χ1n) is 5.08. The second kappa shape index (κ2) is 3.60. The van der Waals surface area contributed by atoms with Gasteiger partial charge in [0.1, 0.15) is 0 Å². The monoisotopic (exact) mass is 194 g/mol. The number of hydrogen-bond donors (Lipinski definition) is 1. The van der Waals surface area contributed by atoms with Gasteiger partial charge in [-0.05, 0) is 6.07 Å². The zero-order chi connectivity index (χ0) is 10.9. The molecule has 1 N–H and O–H groups in total. The zero-order valence-electron chi connectivity index (χ0n) is 9.70. The first-order valence-corrected chi connectivity index (χ1v) is 5.08. The van der Waals surface area contributed by atoms with E-state index in [-0.39, 0.29) is 5.41 Å². The van der Waals surface area contributed by atoms with Gasteiger partial charge in [-0.15, -0.1) is 0 Å². The summed E-state index contributed by atoms with van der Waals surface area (Å²) in [6.45, 7) is 10.4. The zero-order valence-corrected chi connectivity index (χ0v) is 9.70. The lowest BCUT2D eigenvalue weighted by atomic mass is 9.91. The first kappa shape index (κ1) is 11.0. The second-order valence-electron chi connectivity index (χ2n) is 5.05. The van der Waals surface area contributed by atoms with Crippen molar-refractivity contribution in [1.29, 1.82) is 0 Å². The Bertz CT molecular complexity index is 324. The number of aromatic nitrogens is 1. The summed E-state index contributed by atoms with van der Waals surface area (Å²) in [5, 5.41) is 10.0. The third-order valence-corrected chi connectivity index (χ3v) is 2.35. The molecule has 1 rings (SSSR count). The highest BCUT2D eigenvalue weighted by Gasteiger charge is 2.28. The number of rotatable bonds is 1. The normalized spacial score (nSPS) is 12.1. The summed E-state index contributed by atoms with van der Waals surface area (Å²) in [6, 6.07) is 5.93. The summed E-state index contributed by atoms with van der Waals surface area (Å²) in [5.74, 6) is 0.335. The van der Waals surface area contributed by atoms with E-state index in [1.807, 2.05) is 18.2 Å². The van der Waals surface area contributed by atoms with Gasteiger partial charge in [-0.25, -0.2) is 0 Å². The molecule has 14 heavy (non-hydrogen) atoms. The van der Waals surface area contributed by atoms with Gasteiger partial charge in [0.2, 0.25) is 11.4 Å². The van der Waals surface area contributed by atoms with Crippen molar-refractivity contribution in [2.24, 2.45) is 0 Å². The van der Waals surface area contributed by atoms with Gasteiger partial charge in [0, 0.05) is 22.8 Å². The van der Waals surface area contributed by atoms with E-state index >= 15 is 0 Å². The molecule has 78 valence electrons. The highest BCUT2D eigenvalue weighted by Crippen LogP contribution is 2.20. The lowest BCUT2D eigenvalue weighted by molar-refractivity contribution is -0.916. The van der Waals surface area contributed by atoms with Crippen molar-refractivity contribution in [3.8, 4) is 0 Å². The largest absolute Gasteiger partial charge is 0.285 e. The van der Waals surface area contributed by atoms with E-state index in [1.165, 1.54) is 4.73 Å². The standard InChI is InChI=1S/C12H20NO/c1-9(2)10-7-6-8-11(13(10)14)12(3,4)5/h6-9,14H,1-5H3/q+1. The van der Waals surface area contributed by atoms with Crippen molar-refractivity contribution in [2.75, 3.05) is 0 Å². The fourth-order valence-electron chi connectivity index (χ4n) is 1.52. The van der Waals surface area contributed by atoms with Gasteiger partial charge in [-0.1, -0.05) is 34.6 Å². The van der Waals surface area contributed by atoms with Crippen molar-refractivity contribution >= 4 is 0 Å². The molecule has 2 heteroatoms. The molecular weight excluding hydrogens is 174 g/mol. The molecule has 0 saturated heterocycles. The molecule has 0 fully saturated rings. The van der Waals surface area contributed by atoms with Gasteiger partial charge in [0.15, 0.2) is 0 Å². The average molecular weight is 194 g/mol. The van der Waals surface area contributed by atoms with E-state index in [9.17, 15) is 5.21 Å². The van der Waals surface area contributed by atoms with Crippen LogP contribution in [0.2, 0.25) is 0 Å². The summed E-state index contributed by atoms with van der Waals surface area (Å²) in [6.07, 6.45) is 0. The lowest BCUT2D eigenvalue weighted by Gasteiger charge is -2.14. The molecule has 0 aliphatic carbocycles. The smallest absolute Gasteiger partial charge is 0.239 e. The molecule has 0 unspecified atom stereocenters. The maximum absolute atomic E-state index is 10.0. The van der Waals surface area contributed by atoms with Crippen molar-refractivity contribution in [1.82, 2.24) is 0 Å². The topological polar surface area (TPSA) is 24.1 Å². The van der Waals surface area contributed by atoms with Crippen LogP contribution in [0.3, 0.4) is 0 Å². The van der Waals surface area contributed by atoms with E-state index in [1.54, 1.807) is 0 Å². The second-order valence-corrected chi connectivity index (χ2v) is 5.05. The molecule has 0 aromatic carbocycles. The number of nitrogens with zero attached hydrogens (tertiary/aromatic N) is 1. The molecule has 0 spiro atoms. The molecule has 0 atom stereocenters. The van der Waals surface area contributed by atoms with Crippen LogP contribution in [-0.2, 0) is 5.41 Å². The number of pyridine rings is 1. The molecule has 0 bridgehead atoms. The van der Waals surface area contributed by atoms with Crippen LogP contribution in [0.4, 0.5) is 0 Å². The van der Waals surface area contributed by atoms with E-state index in [4.69, 9.17) is 0 Å². The predicted molar refractivity (Wildman–Crippen MR) is 56.6 cm³/mol. The average Bonchev–Trinajstić information content (AvgIpc) is 2.01. The van der Waals surface area contributed by atoms with Crippen LogP contribution >= 0.6 is 0 Å². The predicted octanol–water partition coefficient (Wildman–Crippen LogP) is 2.63. The van der Waals surface area contributed by atoms with Crippen molar-refractivity contribution in [3.63, 3.8) is 0 Å². The maximum atomic E-state index is 10.0. The molecule has 0 amide bonds. The van der Waals surface area contributed by atoms with E-state index < -0.39 is 0 Å². The Labute approximate surface area is 86.2 Å². The molecule has 0 saturated carbocycles. The van der Waals surface area contributed by atoms with E-state index in [0.717, 1.165) is 11.4 Å². The third-order valence-electron chi connectivity index (χ3n) is 2.35. The van der Waals surface area contributed by atoms with Crippen LogP contribution in [0.15, 0.2) is 18.2 Å². The molecule has 2 nitrogen and oxygen atoms in total. The summed E-state index contributed by atoms with van der Waals surface area (Å²) in [5.41, 5.74) is 1.88. The van der Waals surface area contributed by atoms with Crippen molar-refractivity contribution in [3.05, 3.63) is 29.6 Å². The van der Waals surface area contributed by atoms with Gasteiger partial charge in [-0.3, -0.25) is 5.21 Å². The van der Waals surface area contributed by atoms with Gasteiger partial charge in [0.25, 0.3) is 0 Å². The van der Waals surface area contributed by atoms with Crippen LogP contribution < -0.4 is 4.73 Å². The Hall–Kier alpha value is -1.05. The molecular formula is C12H20NO+. The van der Waals surface area contributed by atoms with Crippen molar-refractivity contribution in [2.45, 2.75) is 46.0 Å². The summed E-state index contributed by atoms with van der Waals surface area (Å²) in [7, 11) is 0. The molecule has 0 aliphatic heterocycles. The van der Waals surface area contributed by atoms with Gasteiger partial charge in [-0.2, -0.15) is 0 Å². The number of hydrogen-bond acceptors (Lipinski definition) is 1. The van der Waals surface area contributed by atoms with Crippen LogP contribution in [0.5, 0.6) is 0 Å². The Morgan fingerprint density at radius 3 is 2.21 bits per heavy atom. The Morgan fingerprint density at radius 2 is 1.79 bits per heavy atom. The van der Waals surface area contributed by atoms with E-state index in [0.29, 0.717) is 5.92 Å². The summed E-state index contributed by atoms with van der Waals surface area (Å²) >= 11 is 0. The van der Waals surface area contributed by atoms with Crippen LogP contribution in [-0.4, -0.2) is 5.21 Å². The Balaban J connectivity index is 3.28. The molecule has 0 radical (unpaired) electrons. The highest BCUT2D eigenvalue weighted by atomic mass is 16.5.